The van der Waals surface area contributed by atoms with E-state index in [1.807, 2.05) is 0 Å². The van der Waals surface area contributed by atoms with E-state index >= 15 is 0 Å². The van der Waals surface area contributed by atoms with E-state index in [9.17, 15) is 28.2 Å². The Morgan fingerprint density at radius 1 is 1.07 bits per heavy atom. The molecule has 160 valence electrons. The lowest BCUT2D eigenvalue weighted by molar-refractivity contribution is -0.187. The monoisotopic (exact) mass is 421 g/mol. The van der Waals surface area contributed by atoms with Crippen LogP contribution in [0.15, 0.2) is 48.5 Å². The third-order valence-electron chi connectivity index (χ3n) is 5.83. The number of hydrogen-bond acceptors (Lipinski definition) is 4. The summed E-state index contributed by atoms with van der Waals surface area (Å²) in [5, 5.41) is 19.1. The number of anilines is 1. The number of amides is 1. The molecule has 2 fully saturated rings. The van der Waals surface area contributed by atoms with Crippen LogP contribution in [0, 0.1) is 11.7 Å². The molecule has 1 aliphatic heterocycles. The van der Waals surface area contributed by atoms with E-state index < -0.39 is 36.5 Å². The predicted octanol–water partition coefficient (Wildman–Crippen LogP) is 3.45. The van der Waals surface area contributed by atoms with E-state index in [4.69, 9.17) is 4.74 Å². The van der Waals surface area contributed by atoms with Gasteiger partial charge in [-0.05, 0) is 48.4 Å². The second-order valence-corrected chi connectivity index (χ2v) is 7.81. The van der Waals surface area contributed by atoms with Crippen LogP contribution in [0.1, 0.15) is 30.9 Å². The fraction of sp³-hybridized carbons (Fsp3) is 0.409. The van der Waals surface area contributed by atoms with Gasteiger partial charge < -0.3 is 19.8 Å². The summed E-state index contributed by atoms with van der Waals surface area (Å²) in [5.41, 5.74) is 1.39. The van der Waals surface area contributed by atoms with Crippen LogP contribution in [0.4, 0.5) is 18.9 Å². The molecule has 4 atom stereocenters. The van der Waals surface area contributed by atoms with Gasteiger partial charge >= 0.3 is 0 Å². The van der Waals surface area contributed by atoms with Gasteiger partial charge in [-0.3, -0.25) is 4.79 Å². The Bertz CT molecular complexity index is 904. The van der Waals surface area contributed by atoms with Gasteiger partial charge in [-0.15, -0.1) is 0 Å². The number of halogens is 3. The quantitative estimate of drug-likeness (QED) is 0.726. The standard InChI is InChI=1S/C22H22F3NO4/c23-15-3-5-16(6-4-15)26-19(11-21(26)29)13-1-7-18(8-2-13)30-20-10-17(28)9-14(12-27)22(20,24)25/h1-8,14,17,19-20,27-28H,9-12H2. The van der Waals surface area contributed by atoms with Crippen molar-refractivity contribution in [3.63, 3.8) is 0 Å². The van der Waals surface area contributed by atoms with E-state index in [1.54, 1.807) is 29.2 Å². The molecule has 0 radical (unpaired) electrons. The minimum Gasteiger partial charge on any atom is -0.484 e. The van der Waals surface area contributed by atoms with E-state index in [0.717, 1.165) is 5.56 Å². The summed E-state index contributed by atoms with van der Waals surface area (Å²) in [6, 6.07) is 11.9. The normalized spacial score (nSPS) is 28.2. The van der Waals surface area contributed by atoms with Gasteiger partial charge in [-0.1, -0.05) is 12.1 Å². The van der Waals surface area contributed by atoms with Gasteiger partial charge in [-0.25, -0.2) is 13.2 Å². The molecule has 2 aromatic rings. The first kappa shape index (κ1) is 20.7. The summed E-state index contributed by atoms with van der Waals surface area (Å²) in [5.74, 6) is -4.87. The molecular formula is C22H22F3NO4. The molecule has 0 aromatic heterocycles. The Labute approximate surface area is 171 Å². The van der Waals surface area contributed by atoms with Gasteiger partial charge in [0.25, 0.3) is 5.92 Å². The van der Waals surface area contributed by atoms with Crippen molar-refractivity contribution in [1.29, 1.82) is 0 Å². The number of rotatable bonds is 5. The highest BCUT2D eigenvalue weighted by Crippen LogP contribution is 2.42. The fourth-order valence-electron chi connectivity index (χ4n) is 4.11. The lowest BCUT2D eigenvalue weighted by Gasteiger charge is -2.41. The minimum absolute atomic E-state index is 0.0854. The van der Waals surface area contributed by atoms with Crippen LogP contribution in [0.3, 0.4) is 0 Å². The van der Waals surface area contributed by atoms with Crippen molar-refractivity contribution in [3.8, 4) is 5.75 Å². The molecule has 8 heteroatoms. The molecule has 1 saturated carbocycles. The SMILES string of the molecule is O=C1CC(c2ccc(OC3CC(O)CC(CO)C3(F)F)cc2)N1c1ccc(F)cc1. The molecule has 2 N–H and O–H groups in total. The largest absolute Gasteiger partial charge is 0.484 e. The average Bonchev–Trinajstić information content (AvgIpc) is 2.71. The molecule has 1 saturated heterocycles. The van der Waals surface area contributed by atoms with Crippen molar-refractivity contribution in [2.45, 2.75) is 43.4 Å². The van der Waals surface area contributed by atoms with Gasteiger partial charge in [0.05, 0.1) is 31.1 Å². The zero-order valence-corrected chi connectivity index (χ0v) is 16.0. The Morgan fingerprint density at radius 2 is 1.73 bits per heavy atom. The molecule has 30 heavy (non-hydrogen) atoms. The molecule has 0 spiro atoms. The van der Waals surface area contributed by atoms with Gasteiger partial charge in [0.15, 0.2) is 6.10 Å². The van der Waals surface area contributed by atoms with Crippen molar-refractivity contribution in [3.05, 3.63) is 59.9 Å². The van der Waals surface area contributed by atoms with Gasteiger partial charge in [-0.2, -0.15) is 0 Å². The minimum atomic E-state index is -3.26. The zero-order valence-electron chi connectivity index (χ0n) is 16.0. The number of carbonyl (C=O) groups excluding carboxylic acids is 1. The molecule has 1 aliphatic carbocycles. The van der Waals surface area contributed by atoms with Crippen LogP contribution in [0.2, 0.25) is 0 Å². The van der Waals surface area contributed by atoms with Crippen molar-refractivity contribution in [1.82, 2.24) is 0 Å². The van der Waals surface area contributed by atoms with Crippen LogP contribution in [0.25, 0.3) is 0 Å². The zero-order chi connectivity index (χ0) is 21.5. The Hall–Kier alpha value is -2.58. The molecule has 2 aliphatic rings. The first-order valence-electron chi connectivity index (χ1n) is 9.80. The van der Waals surface area contributed by atoms with E-state index in [-0.39, 0.29) is 30.5 Å². The molecule has 1 amide bonds. The highest BCUT2D eigenvalue weighted by Gasteiger charge is 2.53. The number of benzene rings is 2. The molecule has 5 nitrogen and oxygen atoms in total. The topological polar surface area (TPSA) is 70.0 Å². The van der Waals surface area contributed by atoms with Gasteiger partial charge in [0.1, 0.15) is 11.6 Å². The van der Waals surface area contributed by atoms with Crippen LogP contribution in [-0.4, -0.2) is 40.9 Å². The van der Waals surface area contributed by atoms with Crippen molar-refractivity contribution in [2.75, 3.05) is 11.5 Å². The first-order chi connectivity index (χ1) is 14.3. The maximum Gasteiger partial charge on any atom is 0.289 e. The summed E-state index contributed by atoms with van der Waals surface area (Å²) < 4.78 is 47.6. The Balaban J connectivity index is 1.48. The summed E-state index contributed by atoms with van der Waals surface area (Å²) in [4.78, 5) is 13.6. The van der Waals surface area contributed by atoms with E-state index in [0.29, 0.717) is 12.1 Å². The molecular weight excluding hydrogens is 399 g/mol. The third-order valence-corrected chi connectivity index (χ3v) is 5.83. The lowest BCUT2D eigenvalue weighted by Crippen LogP contribution is -2.52. The Kier molecular flexibility index (Phi) is 5.46. The van der Waals surface area contributed by atoms with Crippen molar-refractivity contribution in [2.24, 2.45) is 5.92 Å². The maximum atomic E-state index is 14.5. The average molecular weight is 421 g/mol. The number of alkyl halides is 2. The molecule has 4 rings (SSSR count). The number of aliphatic hydroxyl groups is 2. The maximum absolute atomic E-state index is 14.5. The third kappa shape index (κ3) is 3.77. The number of hydrogen-bond donors (Lipinski definition) is 2. The summed E-state index contributed by atoms with van der Waals surface area (Å²) in [7, 11) is 0. The van der Waals surface area contributed by atoms with Gasteiger partial charge in [0, 0.05) is 12.1 Å². The first-order valence-corrected chi connectivity index (χ1v) is 9.80. The molecule has 1 heterocycles. The number of carbonyl (C=O) groups is 1. The highest BCUT2D eigenvalue weighted by atomic mass is 19.3. The van der Waals surface area contributed by atoms with Crippen LogP contribution < -0.4 is 9.64 Å². The molecule has 2 aromatic carbocycles. The van der Waals surface area contributed by atoms with Crippen LogP contribution in [0.5, 0.6) is 5.75 Å². The van der Waals surface area contributed by atoms with Crippen LogP contribution >= 0.6 is 0 Å². The van der Waals surface area contributed by atoms with Gasteiger partial charge in [0.2, 0.25) is 5.91 Å². The smallest absolute Gasteiger partial charge is 0.289 e. The van der Waals surface area contributed by atoms with Crippen molar-refractivity contribution < 1.29 is 32.9 Å². The summed E-state index contributed by atoms with van der Waals surface area (Å²) >= 11 is 0. The number of ether oxygens (including phenoxy) is 1. The Morgan fingerprint density at radius 3 is 2.33 bits per heavy atom. The second-order valence-electron chi connectivity index (χ2n) is 7.81. The van der Waals surface area contributed by atoms with Crippen LogP contribution in [-0.2, 0) is 4.79 Å². The summed E-state index contributed by atoms with van der Waals surface area (Å²) in [6.45, 7) is -0.724. The highest BCUT2D eigenvalue weighted by molar-refractivity contribution is 6.01. The summed E-state index contributed by atoms with van der Waals surface area (Å²) in [6.07, 6.45) is -2.60. The predicted molar refractivity (Wildman–Crippen MR) is 103 cm³/mol. The van der Waals surface area contributed by atoms with Crippen molar-refractivity contribution >= 4 is 11.6 Å². The second kappa shape index (κ2) is 7.92. The van der Waals surface area contributed by atoms with E-state index in [1.165, 1.54) is 24.3 Å². The number of β-lactam (4-membered cyclic amide) rings is 1. The fourth-order valence-corrected chi connectivity index (χ4v) is 4.11. The number of aliphatic hydroxyl groups excluding tert-OH is 2. The van der Waals surface area contributed by atoms with E-state index in [2.05, 4.69) is 0 Å². The number of nitrogens with zero attached hydrogens (tertiary/aromatic N) is 1. The molecule has 0 bridgehead atoms. The lowest BCUT2D eigenvalue weighted by atomic mass is 9.82. The molecule has 4 unspecified atom stereocenters.